The van der Waals surface area contributed by atoms with Crippen molar-refractivity contribution in [2.24, 2.45) is 0 Å². The second kappa shape index (κ2) is 4.61. The molecule has 0 aliphatic rings. The van der Waals surface area contributed by atoms with E-state index in [0.717, 1.165) is 10.9 Å². The van der Waals surface area contributed by atoms with Gasteiger partial charge in [-0.3, -0.25) is 0 Å². The molecule has 0 unspecified atom stereocenters. The van der Waals surface area contributed by atoms with Crippen LogP contribution in [-0.2, 0) is 0 Å². The van der Waals surface area contributed by atoms with Crippen LogP contribution in [0.3, 0.4) is 0 Å². The predicted octanol–water partition coefficient (Wildman–Crippen LogP) is 2.17. The summed E-state index contributed by atoms with van der Waals surface area (Å²) in [5, 5.41) is 0.876. The Hall–Kier alpha value is -2.10. The maximum atomic E-state index is 5.61. The molecule has 82 valence electrons. The zero-order chi connectivity index (χ0) is 11.4. The molecule has 2 N–H and O–H groups in total. The highest BCUT2D eigenvalue weighted by atomic mass is 16.5. The summed E-state index contributed by atoms with van der Waals surface area (Å²) < 4.78 is 5.52. The van der Waals surface area contributed by atoms with Crippen LogP contribution >= 0.6 is 0 Å². The van der Waals surface area contributed by atoms with E-state index in [9.17, 15) is 0 Å². The van der Waals surface area contributed by atoms with Gasteiger partial charge in [0.1, 0.15) is 6.61 Å². The number of aromatic nitrogens is 2. The molecule has 0 atom stereocenters. The molecule has 16 heavy (non-hydrogen) atoms. The molecule has 0 radical (unpaired) electrons. The number of benzene rings is 1. The molecular formula is C12H13N3O. The van der Waals surface area contributed by atoms with Crippen LogP contribution < -0.4 is 10.5 Å². The highest BCUT2D eigenvalue weighted by molar-refractivity contribution is 5.84. The van der Waals surface area contributed by atoms with Gasteiger partial charge in [-0.05, 0) is 19.1 Å². The lowest BCUT2D eigenvalue weighted by Gasteiger charge is -2.06. The summed E-state index contributed by atoms with van der Waals surface area (Å²) in [6, 6.07) is 7.63. The van der Waals surface area contributed by atoms with E-state index in [2.05, 4.69) is 9.97 Å². The topological polar surface area (TPSA) is 61.0 Å². The summed E-state index contributed by atoms with van der Waals surface area (Å²) in [5.74, 6) is 0.760. The second-order valence-corrected chi connectivity index (χ2v) is 3.28. The highest BCUT2D eigenvalue weighted by Crippen LogP contribution is 2.22. The molecule has 0 spiro atoms. The van der Waals surface area contributed by atoms with Gasteiger partial charge >= 0.3 is 0 Å². The van der Waals surface area contributed by atoms with Crippen LogP contribution in [0.5, 0.6) is 5.88 Å². The lowest BCUT2D eigenvalue weighted by Crippen LogP contribution is -2.01. The van der Waals surface area contributed by atoms with E-state index in [1.165, 1.54) is 0 Å². The van der Waals surface area contributed by atoms with E-state index in [-0.39, 0.29) is 5.95 Å². The molecule has 1 heterocycles. The minimum absolute atomic E-state index is 0.231. The molecule has 2 rings (SSSR count). The quantitative estimate of drug-likeness (QED) is 0.797. The average molecular weight is 215 g/mol. The van der Waals surface area contributed by atoms with Gasteiger partial charge in [-0.25, -0.2) is 4.98 Å². The van der Waals surface area contributed by atoms with Crippen molar-refractivity contribution in [1.82, 2.24) is 9.97 Å². The van der Waals surface area contributed by atoms with Crippen LogP contribution in [0, 0.1) is 0 Å². The molecule has 4 heteroatoms. The van der Waals surface area contributed by atoms with Crippen molar-refractivity contribution in [2.45, 2.75) is 6.92 Å². The van der Waals surface area contributed by atoms with E-state index in [0.29, 0.717) is 12.5 Å². The molecule has 1 aromatic heterocycles. The minimum atomic E-state index is 0.231. The maximum absolute atomic E-state index is 5.61. The third-order valence-electron chi connectivity index (χ3n) is 2.14. The fourth-order valence-electron chi connectivity index (χ4n) is 1.40. The number of fused-ring (bicyclic) bond motifs is 1. The minimum Gasteiger partial charge on any atom is -0.473 e. The van der Waals surface area contributed by atoms with E-state index in [1.807, 2.05) is 43.3 Å². The van der Waals surface area contributed by atoms with Gasteiger partial charge in [0.05, 0.1) is 10.9 Å². The van der Waals surface area contributed by atoms with Crippen molar-refractivity contribution < 1.29 is 4.74 Å². The molecule has 0 saturated heterocycles. The SMILES string of the molecule is C/C=C/COc1nc(N)nc2ccccc12. The van der Waals surface area contributed by atoms with Crippen LogP contribution in [0.4, 0.5) is 5.95 Å². The first-order valence-corrected chi connectivity index (χ1v) is 5.07. The van der Waals surface area contributed by atoms with Crippen molar-refractivity contribution in [2.75, 3.05) is 12.3 Å². The number of ether oxygens (including phenoxy) is 1. The number of nitrogens with two attached hydrogens (primary N) is 1. The van der Waals surface area contributed by atoms with Gasteiger partial charge in [0, 0.05) is 0 Å². The Kier molecular flexibility index (Phi) is 3.00. The van der Waals surface area contributed by atoms with Crippen LogP contribution in [0.1, 0.15) is 6.92 Å². The Balaban J connectivity index is 2.42. The molecule has 0 bridgehead atoms. The Morgan fingerprint density at radius 1 is 1.31 bits per heavy atom. The number of anilines is 1. The Morgan fingerprint density at radius 3 is 2.94 bits per heavy atom. The second-order valence-electron chi connectivity index (χ2n) is 3.28. The first-order chi connectivity index (χ1) is 7.81. The lowest BCUT2D eigenvalue weighted by molar-refractivity contribution is 0.353. The number of para-hydroxylation sites is 1. The number of rotatable bonds is 3. The largest absolute Gasteiger partial charge is 0.473 e. The van der Waals surface area contributed by atoms with E-state index >= 15 is 0 Å². The van der Waals surface area contributed by atoms with Crippen molar-refractivity contribution in [1.29, 1.82) is 0 Å². The van der Waals surface area contributed by atoms with Crippen molar-refractivity contribution in [3.8, 4) is 5.88 Å². The van der Waals surface area contributed by atoms with E-state index < -0.39 is 0 Å². The smallest absolute Gasteiger partial charge is 0.226 e. The summed E-state index contributed by atoms with van der Waals surface area (Å²) in [5.41, 5.74) is 6.41. The number of nitrogens with zero attached hydrogens (tertiary/aromatic N) is 2. The highest BCUT2D eigenvalue weighted by Gasteiger charge is 2.05. The van der Waals surface area contributed by atoms with E-state index in [1.54, 1.807) is 0 Å². The van der Waals surface area contributed by atoms with Crippen LogP contribution in [0.15, 0.2) is 36.4 Å². The van der Waals surface area contributed by atoms with Crippen LogP contribution in [0.2, 0.25) is 0 Å². The Morgan fingerprint density at radius 2 is 2.12 bits per heavy atom. The summed E-state index contributed by atoms with van der Waals surface area (Å²) >= 11 is 0. The third kappa shape index (κ3) is 2.11. The van der Waals surface area contributed by atoms with Gasteiger partial charge in [0.15, 0.2) is 0 Å². The van der Waals surface area contributed by atoms with Gasteiger partial charge < -0.3 is 10.5 Å². The van der Waals surface area contributed by atoms with Crippen molar-refractivity contribution in [3.63, 3.8) is 0 Å². The van der Waals surface area contributed by atoms with Crippen LogP contribution in [0.25, 0.3) is 10.9 Å². The standard InChI is InChI=1S/C12H13N3O/c1-2-3-8-16-11-9-6-4-5-7-10(9)14-12(13)15-11/h2-7H,8H2,1H3,(H2,13,14,15)/b3-2+. The Bertz CT molecular complexity index is 523. The fraction of sp³-hybridized carbons (Fsp3) is 0.167. The van der Waals surface area contributed by atoms with Crippen molar-refractivity contribution in [3.05, 3.63) is 36.4 Å². The average Bonchev–Trinajstić information content (AvgIpc) is 2.29. The van der Waals surface area contributed by atoms with Gasteiger partial charge in [-0.1, -0.05) is 24.3 Å². The number of nitrogen functional groups attached to an aromatic ring is 1. The molecule has 1 aromatic carbocycles. The zero-order valence-corrected chi connectivity index (χ0v) is 9.05. The van der Waals surface area contributed by atoms with Gasteiger partial charge in [0.2, 0.25) is 11.8 Å². The summed E-state index contributed by atoms with van der Waals surface area (Å²) in [6.07, 6.45) is 3.83. The first-order valence-electron chi connectivity index (χ1n) is 5.07. The molecule has 2 aromatic rings. The monoisotopic (exact) mass is 215 g/mol. The number of hydrogen-bond donors (Lipinski definition) is 1. The van der Waals surface area contributed by atoms with Gasteiger partial charge in [0.25, 0.3) is 0 Å². The summed E-state index contributed by atoms with van der Waals surface area (Å²) in [6.45, 7) is 2.42. The molecular weight excluding hydrogens is 202 g/mol. The first kappa shape index (κ1) is 10.4. The zero-order valence-electron chi connectivity index (χ0n) is 9.05. The lowest BCUT2D eigenvalue weighted by atomic mass is 10.2. The third-order valence-corrected chi connectivity index (χ3v) is 2.14. The molecule has 0 aliphatic heterocycles. The fourth-order valence-corrected chi connectivity index (χ4v) is 1.40. The normalized spacial score (nSPS) is 11.1. The van der Waals surface area contributed by atoms with Crippen LogP contribution in [-0.4, -0.2) is 16.6 Å². The molecule has 0 saturated carbocycles. The van der Waals surface area contributed by atoms with E-state index in [4.69, 9.17) is 10.5 Å². The summed E-state index contributed by atoms with van der Waals surface area (Å²) in [7, 11) is 0. The molecule has 0 fully saturated rings. The Labute approximate surface area is 93.8 Å². The van der Waals surface area contributed by atoms with Crippen molar-refractivity contribution >= 4 is 16.9 Å². The maximum Gasteiger partial charge on any atom is 0.226 e. The predicted molar refractivity (Wildman–Crippen MR) is 64.3 cm³/mol. The van der Waals surface area contributed by atoms with Gasteiger partial charge in [-0.15, -0.1) is 0 Å². The molecule has 0 aliphatic carbocycles. The van der Waals surface area contributed by atoms with Gasteiger partial charge in [-0.2, -0.15) is 4.98 Å². The molecule has 4 nitrogen and oxygen atoms in total. The summed E-state index contributed by atoms with van der Waals surface area (Å²) in [4.78, 5) is 8.22. The number of hydrogen-bond acceptors (Lipinski definition) is 4. The molecule has 0 amide bonds. The number of allylic oxidation sites excluding steroid dienone is 1.